The maximum atomic E-state index is 13.9. The summed E-state index contributed by atoms with van der Waals surface area (Å²) in [5.74, 6) is -1.74. The van der Waals surface area contributed by atoms with E-state index in [1.807, 2.05) is 19.9 Å². The van der Waals surface area contributed by atoms with E-state index in [0.29, 0.717) is 18.7 Å². The lowest BCUT2D eigenvalue weighted by atomic mass is 10.2. The second-order valence-electron chi connectivity index (χ2n) is 4.80. The molecule has 1 aromatic heterocycles. The number of rotatable bonds is 6. The molecule has 0 unspecified atom stereocenters. The Labute approximate surface area is 122 Å². The molecule has 2 aromatic rings. The summed E-state index contributed by atoms with van der Waals surface area (Å²) in [5, 5.41) is 7.11. The van der Waals surface area contributed by atoms with Crippen LogP contribution in [0, 0.1) is 18.6 Å². The number of nitrogens with one attached hydrogen (secondary N) is 1. The third-order valence-corrected chi connectivity index (χ3v) is 3.09. The van der Waals surface area contributed by atoms with E-state index in [0.717, 1.165) is 11.4 Å². The van der Waals surface area contributed by atoms with Crippen molar-refractivity contribution in [2.45, 2.75) is 33.5 Å². The summed E-state index contributed by atoms with van der Waals surface area (Å²) in [6, 6.07) is 4.39. The average molecular weight is 295 g/mol. The minimum Gasteiger partial charge on any atom is -0.481 e. The van der Waals surface area contributed by atoms with Gasteiger partial charge in [0.1, 0.15) is 6.61 Å². The van der Waals surface area contributed by atoms with Crippen LogP contribution in [0.1, 0.15) is 23.9 Å². The van der Waals surface area contributed by atoms with Gasteiger partial charge >= 0.3 is 0 Å². The number of hydrogen-bond donors (Lipinski definition) is 1. The van der Waals surface area contributed by atoms with Crippen molar-refractivity contribution in [3.05, 3.63) is 46.8 Å². The number of benzene rings is 1. The summed E-state index contributed by atoms with van der Waals surface area (Å²) in [6.45, 7) is 4.97. The van der Waals surface area contributed by atoms with Crippen LogP contribution in [0.5, 0.6) is 5.75 Å². The highest BCUT2D eigenvalue weighted by atomic mass is 19.1. The summed E-state index contributed by atoms with van der Waals surface area (Å²) in [7, 11) is 1.72. The molecule has 0 spiro atoms. The van der Waals surface area contributed by atoms with Crippen LogP contribution in [0.3, 0.4) is 0 Å². The molecule has 0 amide bonds. The molecule has 21 heavy (non-hydrogen) atoms. The molecule has 2 rings (SSSR count). The predicted molar refractivity (Wildman–Crippen MR) is 76.1 cm³/mol. The molecule has 114 valence electrons. The van der Waals surface area contributed by atoms with Gasteiger partial charge in [-0.15, -0.1) is 0 Å². The third-order valence-electron chi connectivity index (χ3n) is 3.09. The Kier molecular flexibility index (Phi) is 4.90. The maximum Gasteiger partial charge on any atom is 0.191 e. The number of aromatic nitrogens is 2. The molecule has 0 saturated carbocycles. The Hall–Kier alpha value is -1.95. The molecular weight excluding hydrogens is 276 g/mol. The Morgan fingerprint density at radius 1 is 1.24 bits per heavy atom. The Morgan fingerprint density at radius 3 is 2.48 bits per heavy atom. The van der Waals surface area contributed by atoms with E-state index in [-0.39, 0.29) is 12.4 Å². The molecule has 0 atom stereocenters. The van der Waals surface area contributed by atoms with Gasteiger partial charge in [-0.2, -0.15) is 5.10 Å². The van der Waals surface area contributed by atoms with Gasteiger partial charge in [-0.3, -0.25) is 4.68 Å². The zero-order chi connectivity index (χ0) is 15.4. The van der Waals surface area contributed by atoms with E-state index in [4.69, 9.17) is 4.74 Å². The smallest absolute Gasteiger partial charge is 0.191 e. The topological polar surface area (TPSA) is 39.1 Å². The van der Waals surface area contributed by atoms with Crippen molar-refractivity contribution in [1.29, 1.82) is 0 Å². The van der Waals surface area contributed by atoms with Crippen LogP contribution in [0.2, 0.25) is 0 Å². The maximum absolute atomic E-state index is 13.9. The Balaban J connectivity index is 2.16. The van der Waals surface area contributed by atoms with E-state index in [9.17, 15) is 8.78 Å². The average Bonchev–Trinajstić information content (AvgIpc) is 2.78. The molecule has 0 saturated heterocycles. The largest absolute Gasteiger partial charge is 0.481 e. The number of halogens is 2. The number of nitrogens with zero attached hydrogens (tertiary/aromatic N) is 2. The second kappa shape index (κ2) is 6.67. The van der Waals surface area contributed by atoms with E-state index < -0.39 is 11.6 Å². The molecule has 0 aliphatic carbocycles. The van der Waals surface area contributed by atoms with Crippen molar-refractivity contribution in [2.24, 2.45) is 0 Å². The Bertz CT molecular complexity index is 602. The first-order valence-corrected chi connectivity index (χ1v) is 6.83. The highest BCUT2D eigenvalue weighted by Gasteiger charge is 2.14. The zero-order valence-corrected chi connectivity index (χ0v) is 12.4. The van der Waals surface area contributed by atoms with E-state index in [1.165, 1.54) is 12.1 Å². The van der Waals surface area contributed by atoms with Crippen LogP contribution in [0.25, 0.3) is 0 Å². The zero-order valence-electron chi connectivity index (χ0n) is 12.4. The highest BCUT2D eigenvalue weighted by Crippen LogP contribution is 2.24. The predicted octanol–water partition coefficient (Wildman–Crippen LogP) is 2.79. The van der Waals surface area contributed by atoms with Crippen molar-refractivity contribution < 1.29 is 13.5 Å². The van der Waals surface area contributed by atoms with Crippen molar-refractivity contribution >= 4 is 0 Å². The van der Waals surface area contributed by atoms with Crippen LogP contribution in [-0.2, 0) is 19.7 Å². The molecule has 4 nitrogen and oxygen atoms in total. The van der Waals surface area contributed by atoms with Gasteiger partial charge in [0.25, 0.3) is 0 Å². The van der Waals surface area contributed by atoms with Crippen LogP contribution < -0.4 is 10.1 Å². The van der Waals surface area contributed by atoms with Gasteiger partial charge in [-0.1, -0.05) is 0 Å². The van der Waals surface area contributed by atoms with Crippen LogP contribution in [0.4, 0.5) is 8.78 Å². The molecule has 0 aliphatic heterocycles. The highest BCUT2D eigenvalue weighted by molar-refractivity contribution is 5.31. The first kappa shape index (κ1) is 15.4. The normalized spacial score (nSPS) is 10.9. The standard InChI is InChI=1S/C15H19F2N3O/c1-4-20-12(5-10(2)19-20)9-21-15-13(16)6-11(8-18-3)7-14(15)17/h5-7,18H,4,8-9H2,1-3H3. The lowest BCUT2D eigenvalue weighted by Gasteiger charge is -2.11. The fourth-order valence-corrected chi connectivity index (χ4v) is 2.19. The second-order valence-corrected chi connectivity index (χ2v) is 4.80. The first-order valence-electron chi connectivity index (χ1n) is 6.83. The van der Waals surface area contributed by atoms with E-state index in [2.05, 4.69) is 10.4 Å². The molecule has 0 radical (unpaired) electrons. The van der Waals surface area contributed by atoms with E-state index >= 15 is 0 Å². The van der Waals surface area contributed by atoms with Gasteiger partial charge in [-0.25, -0.2) is 8.78 Å². The SMILES string of the molecule is CCn1nc(C)cc1COc1c(F)cc(CNC)cc1F. The molecule has 1 heterocycles. The fourth-order valence-electron chi connectivity index (χ4n) is 2.19. The summed E-state index contributed by atoms with van der Waals surface area (Å²) in [6.07, 6.45) is 0. The monoisotopic (exact) mass is 295 g/mol. The van der Waals surface area contributed by atoms with Gasteiger partial charge in [-0.05, 0) is 44.7 Å². The molecule has 0 fully saturated rings. The molecular formula is C15H19F2N3O. The van der Waals surface area contributed by atoms with Gasteiger partial charge in [0, 0.05) is 13.1 Å². The lowest BCUT2D eigenvalue weighted by molar-refractivity contribution is 0.263. The summed E-state index contributed by atoms with van der Waals surface area (Å²) in [5.41, 5.74) is 2.17. The minimum absolute atomic E-state index is 0.0773. The fraction of sp³-hybridized carbons (Fsp3) is 0.400. The van der Waals surface area contributed by atoms with Crippen LogP contribution in [-0.4, -0.2) is 16.8 Å². The lowest BCUT2D eigenvalue weighted by Crippen LogP contribution is -2.09. The minimum atomic E-state index is -0.695. The molecule has 0 aliphatic rings. The number of aryl methyl sites for hydroxylation is 2. The third kappa shape index (κ3) is 3.58. The van der Waals surface area contributed by atoms with E-state index in [1.54, 1.807) is 11.7 Å². The number of ether oxygens (including phenoxy) is 1. The quantitative estimate of drug-likeness (QED) is 0.890. The van der Waals surface area contributed by atoms with Crippen LogP contribution in [0.15, 0.2) is 18.2 Å². The molecule has 1 N–H and O–H groups in total. The summed E-state index contributed by atoms with van der Waals surface area (Å²) < 4.78 is 34.9. The van der Waals surface area contributed by atoms with Crippen LogP contribution >= 0.6 is 0 Å². The molecule has 0 bridgehead atoms. The van der Waals surface area contributed by atoms with Gasteiger partial charge in [0.2, 0.25) is 0 Å². The van der Waals surface area contributed by atoms with Crippen molar-refractivity contribution in [1.82, 2.24) is 15.1 Å². The van der Waals surface area contributed by atoms with Gasteiger partial charge < -0.3 is 10.1 Å². The van der Waals surface area contributed by atoms with Gasteiger partial charge in [0.05, 0.1) is 11.4 Å². The Morgan fingerprint density at radius 2 is 1.90 bits per heavy atom. The van der Waals surface area contributed by atoms with Crippen molar-refractivity contribution in [3.8, 4) is 5.75 Å². The van der Waals surface area contributed by atoms with Crippen molar-refractivity contribution in [3.63, 3.8) is 0 Å². The summed E-state index contributed by atoms with van der Waals surface area (Å²) in [4.78, 5) is 0. The first-order chi connectivity index (χ1) is 10.0. The molecule has 6 heteroatoms. The summed E-state index contributed by atoms with van der Waals surface area (Å²) >= 11 is 0. The van der Waals surface area contributed by atoms with Gasteiger partial charge in [0.15, 0.2) is 17.4 Å². The van der Waals surface area contributed by atoms with Crippen molar-refractivity contribution in [2.75, 3.05) is 7.05 Å². The number of hydrogen-bond acceptors (Lipinski definition) is 3. The molecule has 1 aromatic carbocycles.